The molecule has 1 aromatic rings. The summed E-state index contributed by atoms with van der Waals surface area (Å²) < 4.78 is 10.4. The Hall–Kier alpha value is -1.67. The van der Waals surface area contributed by atoms with Gasteiger partial charge in [0.25, 0.3) is 0 Å². The van der Waals surface area contributed by atoms with Crippen molar-refractivity contribution in [2.24, 2.45) is 5.73 Å². The number of nitro groups is 1. The number of hydrogen-bond donors (Lipinski definition) is 1. The van der Waals surface area contributed by atoms with Gasteiger partial charge in [-0.1, -0.05) is 6.07 Å². The maximum absolute atomic E-state index is 11.4. The van der Waals surface area contributed by atoms with Crippen molar-refractivity contribution < 1.29 is 19.2 Å². The first-order valence-corrected chi connectivity index (χ1v) is 6.52. The Morgan fingerprint density at radius 2 is 2.20 bits per heavy atom. The van der Waals surface area contributed by atoms with Gasteiger partial charge in [0.15, 0.2) is 0 Å². The molecular weight excluding hydrogens is 332 g/mol. The summed E-state index contributed by atoms with van der Waals surface area (Å²) in [5.74, 6) is -0.458. The molecular formula is C12H15BrN2O5. The van der Waals surface area contributed by atoms with Crippen molar-refractivity contribution in [1.29, 1.82) is 0 Å². The molecule has 1 atom stereocenters. The molecule has 110 valence electrons. The summed E-state index contributed by atoms with van der Waals surface area (Å²) in [4.78, 5) is 21.8. The first kappa shape index (κ1) is 16.4. The van der Waals surface area contributed by atoms with Crippen molar-refractivity contribution in [2.45, 2.75) is 18.9 Å². The van der Waals surface area contributed by atoms with Crippen LogP contribution in [0.5, 0.6) is 5.75 Å². The number of para-hydroxylation sites is 1. The highest BCUT2D eigenvalue weighted by molar-refractivity contribution is 9.10. The monoisotopic (exact) mass is 346 g/mol. The highest BCUT2D eigenvalue weighted by atomic mass is 79.9. The molecule has 20 heavy (non-hydrogen) atoms. The van der Waals surface area contributed by atoms with Gasteiger partial charge in [-0.15, -0.1) is 0 Å². The molecule has 8 heteroatoms. The minimum atomic E-state index is -1.20. The molecule has 0 saturated heterocycles. The number of nitrogens with two attached hydrogens (primary N) is 1. The molecule has 0 radical (unpaired) electrons. The number of carbonyl (C=O) groups excluding carboxylic acids is 1. The van der Waals surface area contributed by atoms with E-state index in [4.69, 9.17) is 10.5 Å². The number of benzene rings is 1. The second-order valence-electron chi connectivity index (χ2n) is 4.35. The van der Waals surface area contributed by atoms with Gasteiger partial charge in [0.1, 0.15) is 5.54 Å². The molecule has 0 saturated carbocycles. The van der Waals surface area contributed by atoms with Gasteiger partial charge < -0.3 is 15.2 Å². The summed E-state index contributed by atoms with van der Waals surface area (Å²) in [6, 6.07) is 4.50. The van der Waals surface area contributed by atoms with Gasteiger partial charge in [-0.25, -0.2) is 0 Å². The van der Waals surface area contributed by atoms with Crippen LogP contribution in [0.2, 0.25) is 0 Å². The number of ether oxygens (including phenoxy) is 2. The third-order valence-electron chi connectivity index (χ3n) is 2.66. The van der Waals surface area contributed by atoms with Crippen molar-refractivity contribution in [2.75, 3.05) is 13.7 Å². The molecule has 7 nitrogen and oxygen atoms in total. The minimum Gasteiger partial charge on any atom is -0.486 e. The van der Waals surface area contributed by atoms with Crippen LogP contribution in [0.1, 0.15) is 13.3 Å². The largest absolute Gasteiger partial charge is 0.486 e. The summed E-state index contributed by atoms with van der Waals surface area (Å²) in [6.45, 7) is 1.56. The summed E-state index contributed by atoms with van der Waals surface area (Å²) >= 11 is 3.19. The zero-order valence-electron chi connectivity index (χ0n) is 11.1. The van der Waals surface area contributed by atoms with Crippen LogP contribution in [0.4, 0.5) is 5.69 Å². The van der Waals surface area contributed by atoms with Gasteiger partial charge in [0, 0.05) is 12.5 Å². The molecule has 0 bridgehead atoms. The molecule has 0 aliphatic heterocycles. The standard InChI is InChI=1S/C12H15BrN2O5/c1-12(14,11(16)19-2)6-7-20-10-8(13)4-3-5-9(10)15(17)18/h3-5H,6-7,14H2,1-2H3. The first-order chi connectivity index (χ1) is 9.29. The van der Waals surface area contributed by atoms with E-state index in [-0.39, 0.29) is 24.5 Å². The maximum atomic E-state index is 11.4. The number of nitro benzene ring substituents is 1. The second kappa shape index (κ2) is 6.67. The van der Waals surface area contributed by atoms with Crippen LogP contribution in [0.3, 0.4) is 0 Å². The lowest BCUT2D eigenvalue weighted by atomic mass is 10.0. The summed E-state index contributed by atoms with van der Waals surface area (Å²) in [5.41, 5.74) is 4.41. The van der Waals surface area contributed by atoms with Crippen LogP contribution >= 0.6 is 15.9 Å². The minimum absolute atomic E-state index is 0.0472. The van der Waals surface area contributed by atoms with E-state index in [0.29, 0.717) is 4.47 Å². The molecule has 0 aliphatic carbocycles. The van der Waals surface area contributed by atoms with Crippen molar-refractivity contribution >= 4 is 27.6 Å². The lowest BCUT2D eigenvalue weighted by Crippen LogP contribution is -2.46. The number of esters is 1. The number of hydrogen-bond acceptors (Lipinski definition) is 6. The topological polar surface area (TPSA) is 105 Å². The normalized spacial score (nSPS) is 13.4. The summed E-state index contributed by atoms with van der Waals surface area (Å²) in [5, 5.41) is 10.9. The third-order valence-corrected chi connectivity index (χ3v) is 3.29. The van der Waals surface area contributed by atoms with E-state index in [1.54, 1.807) is 6.07 Å². The van der Waals surface area contributed by atoms with Gasteiger partial charge >= 0.3 is 11.7 Å². The number of methoxy groups -OCH3 is 1. The Balaban J connectivity index is 2.76. The predicted molar refractivity (Wildman–Crippen MR) is 75.5 cm³/mol. The maximum Gasteiger partial charge on any atom is 0.325 e. The molecule has 2 N–H and O–H groups in total. The van der Waals surface area contributed by atoms with Crippen molar-refractivity contribution in [3.05, 3.63) is 32.8 Å². The van der Waals surface area contributed by atoms with Crippen molar-refractivity contribution in [1.82, 2.24) is 0 Å². The molecule has 0 spiro atoms. The molecule has 0 aromatic heterocycles. The van der Waals surface area contributed by atoms with Crippen molar-refractivity contribution in [3.8, 4) is 5.75 Å². The smallest absolute Gasteiger partial charge is 0.325 e. The Morgan fingerprint density at radius 1 is 1.55 bits per heavy atom. The van der Waals surface area contributed by atoms with E-state index in [1.165, 1.54) is 26.2 Å². The zero-order valence-corrected chi connectivity index (χ0v) is 12.7. The van der Waals surface area contributed by atoms with E-state index in [9.17, 15) is 14.9 Å². The first-order valence-electron chi connectivity index (χ1n) is 5.72. The van der Waals surface area contributed by atoms with Gasteiger partial charge in [0.05, 0.1) is 23.1 Å². The third kappa shape index (κ3) is 3.91. The van der Waals surface area contributed by atoms with Crippen LogP contribution in [0, 0.1) is 10.1 Å². The Kier molecular flexibility index (Phi) is 5.46. The Morgan fingerprint density at radius 3 is 2.75 bits per heavy atom. The van der Waals surface area contributed by atoms with E-state index in [0.717, 1.165) is 0 Å². The van der Waals surface area contributed by atoms with Crippen LogP contribution in [-0.2, 0) is 9.53 Å². The fraction of sp³-hybridized carbons (Fsp3) is 0.417. The van der Waals surface area contributed by atoms with E-state index < -0.39 is 16.4 Å². The van der Waals surface area contributed by atoms with Crippen LogP contribution in [0.15, 0.2) is 22.7 Å². The van der Waals surface area contributed by atoms with E-state index >= 15 is 0 Å². The van der Waals surface area contributed by atoms with Crippen molar-refractivity contribution in [3.63, 3.8) is 0 Å². The van der Waals surface area contributed by atoms with Gasteiger partial charge in [-0.05, 0) is 28.9 Å². The molecule has 1 aromatic carbocycles. The number of halogens is 1. The SMILES string of the molecule is COC(=O)C(C)(N)CCOc1c(Br)cccc1[N+](=O)[O-]. The summed E-state index contributed by atoms with van der Waals surface area (Å²) in [7, 11) is 1.24. The van der Waals surface area contributed by atoms with Gasteiger partial charge in [-0.3, -0.25) is 14.9 Å². The number of carbonyl (C=O) groups is 1. The second-order valence-corrected chi connectivity index (χ2v) is 5.21. The fourth-order valence-corrected chi connectivity index (χ4v) is 1.95. The van der Waals surface area contributed by atoms with E-state index in [2.05, 4.69) is 20.7 Å². The molecule has 0 aliphatic rings. The molecule has 1 unspecified atom stereocenters. The van der Waals surface area contributed by atoms with Crippen LogP contribution in [0.25, 0.3) is 0 Å². The average Bonchev–Trinajstić information content (AvgIpc) is 2.39. The quantitative estimate of drug-likeness (QED) is 0.480. The van der Waals surface area contributed by atoms with Gasteiger partial charge in [0.2, 0.25) is 5.75 Å². The number of rotatable bonds is 6. The number of nitrogens with zero attached hydrogens (tertiary/aromatic N) is 1. The van der Waals surface area contributed by atoms with Crippen LogP contribution in [-0.4, -0.2) is 30.1 Å². The molecule has 0 heterocycles. The lowest BCUT2D eigenvalue weighted by Gasteiger charge is -2.21. The Bertz CT molecular complexity index is 519. The highest BCUT2D eigenvalue weighted by Crippen LogP contribution is 2.34. The highest BCUT2D eigenvalue weighted by Gasteiger charge is 2.29. The molecule has 0 amide bonds. The van der Waals surface area contributed by atoms with Gasteiger partial charge in [-0.2, -0.15) is 0 Å². The predicted octanol–water partition coefficient (Wildman–Crippen LogP) is 2.02. The van der Waals surface area contributed by atoms with Crippen LogP contribution < -0.4 is 10.5 Å². The molecule has 1 rings (SSSR count). The zero-order chi connectivity index (χ0) is 15.3. The fourth-order valence-electron chi connectivity index (χ4n) is 1.48. The lowest BCUT2D eigenvalue weighted by molar-refractivity contribution is -0.386. The molecule has 0 fully saturated rings. The Labute approximate surface area is 124 Å². The van der Waals surface area contributed by atoms with E-state index in [1.807, 2.05) is 0 Å². The average molecular weight is 347 g/mol. The summed E-state index contributed by atoms with van der Waals surface area (Å²) in [6.07, 6.45) is 0.165.